The SMILES string of the molecule is C=C[C@]1(C)C[C@@H](OC(C)=O)[C@]2(C)[C@H](C)CC[C@]3(CCC(=O)[C@@H]32)[C@@H](C)[C@@H]1O. The average Bonchev–Trinajstić information content (AvgIpc) is 2.94. The number of ketones is 1. The molecule has 0 aromatic rings. The first-order chi connectivity index (χ1) is 12.0. The number of carbonyl (C=O) groups is 2. The zero-order valence-electron chi connectivity index (χ0n) is 16.9. The van der Waals surface area contributed by atoms with E-state index in [-0.39, 0.29) is 34.9 Å². The normalized spacial score (nSPS) is 51.2. The second-order valence-electron chi connectivity index (χ2n) is 9.68. The van der Waals surface area contributed by atoms with Gasteiger partial charge in [-0.05, 0) is 42.9 Å². The topological polar surface area (TPSA) is 63.6 Å². The molecule has 0 unspecified atom stereocenters. The third-order valence-electron chi connectivity index (χ3n) is 8.61. The molecule has 0 aliphatic heterocycles. The maximum absolute atomic E-state index is 13.1. The lowest BCUT2D eigenvalue weighted by molar-refractivity contribution is -0.205. The van der Waals surface area contributed by atoms with Crippen LogP contribution < -0.4 is 0 Å². The summed E-state index contributed by atoms with van der Waals surface area (Å²) < 4.78 is 5.87. The molecular weight excluding hydrogens is 328 g/mol. The van der Waals surface area contributed by atoms with Crippen LogP contribution in [0.15, 0.2) is 12.7 Å². The predicted molar refractivity (Wildman–Crippen MR) is 100 cm³/mol. The van der Waals surface area contributed by atoms with Crippen molar-refractivity contribution in [1.82, 2.24) is 0 Å². The summed E-state index contributed by atoms with van der Waals surface area (Å²) in [4.78, 5) is 25.0. The fourth-order valence-electron chi connectivity index (χ4n) is 6.70. The van der Waals surface area contributed by atoms with Crippen LogP contribution in [0.3, 0.4) is 0 Å². The zero-order chi connectivity index (χ0) is 19.5. The lowest BCUT2D eigenvalue weighted by atomic mass is 9.44. The fourth-order valence-corrected chi connectivity index (χ4v) is 6.70. The first-order valence-electron chi connectivity index (χ1n) is 10.0. The van der Waals surface area contributed by atoms with Crippen LogP contribution in [0.4, 0.5) is 0 Å². The highest BCUT2D eigenvalue weighted by Gasteiger charge is 2.68. The molecule has 0 spiro atoms. The summed E-state index contributed by atoms with van der Waals surface area (Å²) >= 11 is 0. The Morgan fingerprint density at radius 1 is 1.31 bits per heavy atom. The Morgan fingerprint density at radius 2 is 1.96 bits per heavy atom. The summed E-state index contributed by atoms with van der Waals surface area (Å²) in [6, 6.07) is 0. The van der Waals surface area contributed by atoms with Gasteiger partial charge in [-0.2, -0.15) is 0 Å². The molecule has 0 saturated heterocycles. The van der Waals surface area contributed by atoms with Crippen LogP contribution in [-0.2, 0) is 14.3 Å². The van der Waals surface area contributed by atoms with Gasteiger partial charge in [0.2, 0.25) is 0 Å². The van der Waals surface area contributed by atoms with Crippen molar-refractivity contribution in [2.24, 2.45) is 34.0 Å². The summed E-state index contributed by atoms with van der Waals surface area (Å²) in [6.45, 7) is 13.9. The first-order valence-corrected chi connectivity index (χ1v) is 10.0. The zero-order valence-corrected chi connectivity index (χ0v) is 16.9. The van der Waals surface area contributed by atoms with Gasteiger partial charge in [-0.25, -0.2) is 0 Å². The standard InChI is InChI=1S/C22H34O4/c1-7-20(5)12-17(26-15(4)23)21(6)13(2)8-10-22(14(3)19(20)25)11-9-16(24)18(21)22/h7,13-14,17-19,25H,1,8-12H2,2-6H3/t13-,14+,17-,18-,19+,20-,21+,22+/m1/s1. The van der Waals surface area contributed by atoms with Crippen LogP contribution >= 0.6 is 0 Å². The quantitative estimate of drug-likeness (QED) is 0.597. The minimum absolute atomic E-state index is 0.00653. The van der Waals surface area contributed by atoms with E-state index in [1.54, 1.807) is 0 Å². The van der Waals surface area contributed by atoms with E-state index in [1.165, 1.54) is 6.92 Å². The second kappa shape index (κ2) is 6.19. The minimum atomic E-state index is -0.607. The number of ether oxygens (including phenoxy) is 1. The molecule has 3 aliphatic carbocycles. The molecule has 3 fully saturated rings. The van der Waals surface area contributed by atoms with Crippen molar-refractivity contribution in [2.45, 2.75) is 78.9 Å². The number of esters is 1. The molecule has 3 rings (SSSR count). The number of carbonyl (C=O) groups excluding carboxylic acids is 2. The molecule has 0 aromatic heterocycles. The summed E-state index contributed by atoms with van der Waals surface area (Å²) in [5.41, 5.74) is -1.17. The van der Waals surface area contributed by atoms with Crippen LogP contribution in [-0.4, -0.2) is 29.1 Å². The van der Waals surface area contributed by atoms with E-state index in [2.05, 4.69) is 27.4 Å². The third kappa shape index (κ3) is 2.44. The van der Waals surface area contributed by atoms with Crippen LogP contribution in [0.1, 0.15) is 66.7 Å². The van der Waals surface area contributed by atoms with E-state index in [0.717, 1.165) is 19.3 Å². The van der Waals surface area contributed by atoms with Gasteiger partial charge in [-0.3, -0.25) is 9.59 Å². The van der Waals surface area contributed by atoms with Gasteiger partial charge in [-0.1, -0.05) is 33.8 Å². The number of Topliss-reactive ketones (excluding diaryl/α,β-unsaturated/α-hetero) is 1. The van der Waals surface area contributed by atoms with Crippen molar-refractivity contribution in [1.29, 1.82) is 0 Å². The van der Waals surface area contributed by atoms with Gasteiger partial charge in [0.05, 0.1) is 6.10 Å². The van der Waals surface area contributed by atoms with Gasteiger partial charge in [0.1, 0.15) is 11.9 Å². The van der Waals surface area contributed by atoms with Crippen molar-refractivity contribution in [3.05, 3.63) is 12.7 Å². The van der Waals surface area contributed by atoms with Crippen molar-refractivity contribution >= 4 is 11.8 Å². The molecule has 4 heteroatoms. The minimum Gasteiger partial charge on any atom is -0.462 e. The molecule has 8 atom stereocenters. The van der Waals surface area contributed by atoms with Gasteiger partial charge >= 0.3 is 5.97 Å². The summed E-state index contributed by atoms with van der Waals surface area (Å²) in [5.74, 6) is 0.106. The Morgan fingerprint density at radius 3 is 2.54 bits per heavy atom. The maximum atomic E-state index is 13.1. The van der Waals surface area contributed by atoms with Gasteiger partial charge in [0, 0.05) is 30.1 Å². The molecular formula is C22H34O4. The molecule has 0 aromatic carbocycles. The van der Waals surface area contributed by atoms with Crippen molar-refractivity contribution in [2.75, 3.05) is 0 Å². The van der Waals surface area contributed by atoms with Gasteiger partial charge < -0.3 is 9.84 Å². The number of aliphatic hydroxyl groups excluding tert-OH is 1. The lowest BCUT2D eigenvalue weighted by Crippen LogP contribution is -2.63. The van der Waals surface area contributed by atoms with Crippen molar-refractivity contribution in [3.63, 3.8) is 0 Å². The van der Waals surface area contributed by atoms with Crippen LogP contribution in [0.2, 0.25) is 0 Å². The smallest absolute Gasteiger partial charge is 0.302 e. The van der Waals surface area contributed by atoms with E-state index in [0.29, 0.717) is 12.8 Å². The Labute approximate surface area is 157 Å². The van der Waals surface area contributed by atoms with Gasteiger partial charge in [0.15, 0.2) is 0 Å². The molecule has 2 bridgehead atoms. The fraction of sp³-hybridized carbons (Fsp3) is 0.818. The summed E-state index contributed by atoms with van der Waals surface area (Å²) in [7, 11) is 0. The first kappa shape index (κ1) is 19.6. The number of hydrogen-bond acceptors (Lipinski definition) is 4. The number of rotatable bonds is 2. The molecule has 3 saturated carbocycles. The van der Waals surface area contributed by atoms with Crippen LogP contribution in [0.5, 0.6) is 0 Å². The second-order valence-corrected chi connectivity index (χ2v) is 9.68. The largest absolute Gasteiger partial charge is 0.462 e. The predicted octanol–water partition coefficient (Wildman–Crippen LogP) is 3.91. The monoisotopic (exact) mass is 362 g/mol. The van der Waals surface area contributed by atoms with Gasteiger partial charge in [0.25, 0.3) is 0 Å². The van der Waals surface area contributed by atoms with Crippen molar-refractivity contribution < 1.29 is 19.4 Å². The molecule has 26 heavy (non-hydrogen) atoms. The van der Waals surface area contributed by atoms with E-state index >= 15 is 0 Å². The molecule has 146 valence electrons. The summed E-state index contributed by atoms with van der Waals surface area (Å²) in [5, 5.41) is 11.3. The van der Waals surface area contributed by atoms with Crippen LogP contribution in [0, 0.1) is 34.0 Å². The highest BCUT2D eigenvalue weighted by molar-refractivity contribution is 5.85. The highest BCUT2D eigenvalue weighted by Crippen LogP contribution is 2.67. The van der Waals surface area contributed by atoms with E-state index in [9.17, 15) is 14.7 Å². The lowest BCUT2D eigenvalue weighted by Gasteiger charge is -2.61. The molecule has 1 N–H and O–H groups in total. The Bertz CT molecular complexity index is 628. The van der Waals surface area contributed by atoms with E-state index in [1.807, 2.05) is 13.0 Å². The van der Waals surface area contributed by atoms with E-state index < -0.39 is 23.0 Å². The molecule has 4 nitrogen and oxygen atoms in total. The molecule has 0 amide bonds. The molecule has 0 radical (unpaired) electrons. The molecule has 3 aliphatic rings. The number of aliphatic hydroxyl groups is 1. The Kier molecular flexibility index (Phi) is 4.66. The Hall–Kier alpha value is -1.16. The number of hydrogen-bond donors (Lipinski definition) is 1. The van der Waals surface area contributed by atoms with E-state index in [4.69, 9.17) is 4.74 Å². The van der Waals surface area contributed by atoms with Gasteiger partial charge in [-0.15, -0.1) is 6.58 Å². The maximum Gasteiger partial charge on any atom is 0.302 e. The summed E-state index contributed by atoms with van der Waals surface area (Å²) in [6.07, 6.45) is 4.68. The third-order valence-corrected chi connectivity index (χ3v) is 8.61. The molecule has 0 heterocycles. The Balaban J connectivity index is 2.23. The highest BCUT2D eigenvalue weighted by atomic mass is 16.5. The van der Waals surface area contributed by atoms with Crippen LogP contribution in [0.25, 0.3) is 0 Å². The average molecular weight is 363 g/mol. The van der Waals surface area contributed by atoms with Crippen molar-refractivity contribution in [3.8, 4) is 0 Å².